The van der Waals surface area contributed by atoms with Crippen LogP contribution in [-0.4, -0.2) is 12.9 Å². The molecule has 18 heavy (non-hydrogen) atoms. The van der Waals surface area contributed by atoms with Gasteiger partial charge >= 0.3 is 6.36 Å². The second-order valence-electron chi connectivity index (χ2n) is 5.29. The van der Waals surface area contributed by atoms with Gasteiger partial charge in [0, 0.05) is 12.0 Å². The van der Waals surface area contributed by atoms with Crippen molar-refractivity contribution in [2.75, 3.05) is 6.54 Å². The standard InChI is InChI=1S/C13H14F3NO/c1-11-7-10(11)8-17-12(11,18-13(14,15)16)9-5-3-2-4-6-9/h2-6,10,17H,7-8H2,1H3. The number of fused-ring (bicyclic) bond motifs is 1. The lowest BCUT2D eigenvalue weighted by Gasteiger charge is -2.37. The monoisotopic (exact) mass is 257 g/mol. The van der Waals surface area contributed by atoms with Gasteiger partial charge in [-0.1, -0.05) is 37.3 Å². The third kappa shape index (κ3) is 1.57. The summed E-state index contributed by atoms with van der Waals surface area (Å²) in [6, 6.07) is 8.62. The molecule has 1 aromatic carbocycles. The van der Waals surface area contributed by atoms with Gasteiger partial charge in [0.05, 0.1) is 0 Å². The van der Waals surface area contributed by atoms with Crippen LogP contribution in [0, 0.1) is 11.3 Å². The predicted molar refractivity (Wildman–Crippen MR) is 59.5 cm³/mol. The molecular formula is C13H14F3NO. The third-order valence-corrected chi connectivity index (χ3v) is 4.26. The van der Waals surface area contributed by atoms with E-state index in [9.17, 15) is 13.2 Å². The Hall–Kier alpha value is -1.07. The Balaban J connectivity index is 2.05. The number of benzene rings is 1. The first-order chi connectivity index (χ1) is 8.37. The fraction of sp³-hybridized carbons (Fsp3) is 0.538. The van der Waals surface area contributed by atoms with Gasteiger partial charge in [0.15, 0.2) is 5.72 Å². The summed E-state index contributed by atoms with van der Waals surface area (Å²) in [5.41, 5.74) is -1.36. The highest BCUT2D eigenvalue weighted by Crippen LogP contribution is 2.67. The smallest absolute Gasteiger partial charge is 0.285 e. The van der Waals surface area contributed by atoms with Gasteiger partial charge in [-0.25, -0.2) is 0 Å². The van der Waals surface area contributed by atoms with Gasteiger partial charge in [-0.2, -0.15) is 0 Å². The van der Waals surface area contributed by atoms with Crippen LogP contribution in [0.1, 0.15) is 18.9 Å². The molecule has 1 N–H and O–H groups in total. The number of alkyl halides is 3. The molecule has 1 aliphatic heterocycles. The summed E-state index contributed by atoms with van der Waals surface area (Å²) >= 11 is 0. The average molecular weight is 257 g/mol. The number of hydrogen-bond acceptors (Lipinski definition) is 2. The van der Waals surface area contributed by atoms with Crippen molar-refractivity contribution in [2.24, 2.45) is 11.3 Å². The Morgan fingerprint density at radius 2 is 1.94 bits per heavy atom. The molecule has 0 bridgehead atoms. The Kier molecular flexibility index (Phi) is 2.32. The highest BCUT2D eigenvalue weighted by Gasteiger charge is 2.71. The maximum absolute atomic E-state index is 12.7. The third-order valence-electron chi connectivity index (χ3n) is 4.26. The van der Waals surface area contributed by atoms with E-state index in [2.05, 4.69) is 10.1 Å². The fourth-order valence-electron chi connectivity index (χ4n) is 3.14. The zero-order valence-electron chi connectivity index (χ0n) is 9.92. The van der Waals surface area contributed by atoms with Gasteiger partial charge in [-0.05, 0) is 17.9 Å². The van der Waals surface area contributed by atoms with E-state index in [0.29, 0.717) is 12.1 Å². The highest BCUT2D eigenvalue weighted by atomic mass is 19.4. The van der Waals surface area contributed by atoms with Crippen molar-refractivity contribution in [3.05, 3.63) is 35.9 Å². The Labute approximate surface area is 103 Å². The van der Waals surface area contributed by atoms with Gasteiger partial charge < -0.3 is 0 Å². The summed E-state index contributed by atoms with van der Waals surface area (Å²) in [7, 11) is 0. The SMILES string of the molecule is CC12CC1CNC2(OC(F)(F)F)c1ccccc1. The van der Waals surface area contributed by atoms with E-state index in [-0.39, 0.29) is 5.92 Å². The highest BCUT2D eigenvalue weighted by molar-refractivity contribution is 5.32. The zero-order valence-corrected chi connectivity index (χ0v) is 9.92. The number of halogens is 3. The predicted octanol–water partition coefficient (Wildman–Crippen LogP) is 3.01. The fourth-order valence-corrected chi connectivity index (χ4v) is 3.14. The number of rotatable bonds is 2. The van der Waals surface area contributed by atoms with E-state index in [0.717, 1.165) is 6.42 Å². The molecule has 0 radical (unpaired) electrons. The minimum absolute atomic E-state index is 0.264. The number of nitrogens with one attached hydrogen (secondary N) is 1. The van der Waals surface area contributed by atoms with Crippen molar-refractivity contribution in [2.45, 2.75) is 25.4 Å². The van der Waals surface area contributed by atoms with E-state index in [1.54, 1.807) is 30.3 Å². The largest absolute Gasteiger partial charge is 0.524 e. The van der Waals surface area contributed by atoms with Gasteiger partial charge in [-0.3, -0.25) is 10.1 Å². The molecule has 3 unspecified atom stereocenters. The summed E-state index contributed by atoms with van der Waals surface area (Å²) in [5.74, 6) is 0.264. The van der Waals surface area contributed by atoms with E-state index >= 15 is 0 Å². The molecule has 2 aliphatic rings. The molecule has 1 saturated carbocycles. The lowest BCUT2D eigenvalue weighted by Crippen LogP contribution is -2.50. The second-order valence-corrected chi connectivity index (χ2v) is 5.29. The van der Waals surface area contributed by atoms with Crippen LogP contribution in [0.5, 0.6) is 0 Å². The summed E-state index contributed by atoms with van der Waals surface area (Å²) in [6.45, 7) is 2.43. The van der Waals surface area contributed by atoms with Crippen molar-refractivity contribution in [1.82, 2.24) is 5.32 Å². The number of piperidine rings is 1. The molecule has 5 heteroatoms. The molecule has 0 spiro atoms. The summed E-state index contributed by atoms with van der Waals surface area (Å²) in [5, 5.41) is 2.94. The van der Waals surface area contributed by atoms with E-state index in [1.165, 1.54) is 0 Å². The average Bonchev–Trinajstić information content (AvgIpc) is 2.90. The molecule has 1 aliphatic carbocycles. The van der Waals surface area contributed by atoms with Crippen molar-refractivity contribution in [1.29, 1.82) is 0 Å². The topological polar surface area (TPSA) is 21.3 Å². The Morgan fingerprint density at radius 1 is 1.28 bits per heavy atom. The normalized spacial score (nSPS) is 38.6. The maximum atomic E-state index is 12.7. The molecule has 1 saturated heterocycles. The minimum atomic E-state index is -4.65. The summed E-state index contributed by atoms with van der Waals surface area (Å²) in [4.78, 5) is 0. The molecule has 3 atom stereocenters. The summed E-state index contributed by atoms with van der Waals surface area (Å²) < 4.78 is 42.7. The number of hydrogen-bond donors (Lipinski definition) is 1. The first-order valence-electron chi connectivity index (χ1n) is 5.95. The van der Waals surface area contributed by atoms with Crippen molar-refractivity contribution >= 4 is 0 Å². The molecule has 3 rings (SSSR count). The minimum Gasteiger partial charge on any atom is -0.285 e. The lowest BCUT2D eigenvalue weighted by molar-refractivity contribution is -0.385. The van der Waals surface area contributed by atoms with Crippen LogP contribution in [0.25, 0.3) is 0 Å². The van der Waals surface area contributed by atoms with Gasteiger partial charge in [0.25, 0.3) is 0 Å². The van der Waals surface area contributed by atoms with Crippen LogP contribution in [0.2, 0.25) is 0 Å². The molecular weight excluding hydrogens is 243 g/mol. The number of ether oxygens (including phenoxy) is 1. The van der Waals surface area contributed by atoms with Crippen molar-refractivity contribution in [3.8, 4) is 0 Å². The van der Waals surface area contributed by atoms with E-state index in [1.807, 2.05) is 6.92 Å². The van der Waals surface area contributed by atoms with Crippen molar-refractivity contribution < 1.29 is 17.9 Å². The maximum Gasteiger partial charge on any atom is 0.524 e. The molecule has 2 fully saturated rings. The van der Waals surface area contributed by atoms with Crippen LogP contribution >= 0.6 is 0 Å². The van der Waals surface area contributed by atoms with Gasteiger partial charge in [0.1, 0.15) is 0 Å². The zero-order chi connectivity index (χ0) is 13.0. The Morgan fingerprint density at radius 3 is 2.39 bits per heavy atom. The first-order valence-corrected chi connectivity index (χ1v) is 5.95. The van der Waals surface area contributed by atoms with Crippen LogP contribution in [0.15, 0.2) is 30.3 Å². The van der Waals surface area contributed by atoms with Crippen LogP contribution in [0.4, 0.5) is 13.2 Å². The van der Waals surface area contributed by atoms with E-state index in [4.69, 9.17) is 0 Å². The van der Waals surface area contributed by atoms with Gasteiger partial charge in [0.2, 0.25) is 0 Å². The second kappa shape index (κ2) is 3.48. The molecule has 0 amide bonds. The van der Waals surface area contributed by atoms with Crippen LogP contribution < -0.4 is 5.32 Å². The first kappa shape index (κ1) is 12.0. The quantitative estimate of drug-likeness (QED) is 0.879. The molecule has 98 valence electrons. The van der Waals surface area contributed by atoms with Crippen molar-refractivity contribution in [3.63, 3.8) is 0 Å². The lowest BCUT2D eigenvalue weighted by atomic mass is 9.88. The summed E-state index contributed by atoms with van der Waals surface area (Å²) in [6.07, 6.45) is -3.88. The van der Waals surface area contributed by atoms with E-state index < -0.39 is 17.5 Å². The molecule has 2 nitrogen and oxygen atoms in total. The Bertz CT molecular complexity index is 459. The molecule has 1 heterocycles. The molecule has 1 aromatic rings. The van der Waals surface area contributed by atoms with Crippen LogP contribution in [0.3, 0.4) is 0 Å². The van der Waals surface area contributed by atoms with Crippen LogP contribution in [-0.2, 0) is 10.5 Å². The molecule has 0 aromatic heterocycles. The van der Waals surface area contributed by atoms with Gasteiger partial charge in [-0.15, -0.1) is 13.2 Å².